The molecule has 0 bridgehead atoms. The van der Waals surface area contributed by atoms with Gasteiger partial charge in [-0.15, -0.1) is 11.3 Å². The van der Waals surface area contributed by atoms with E-state index in [1.54, 1.807) is 0 Å². The third-order valence-corrected chi connectivity index (χ3v) is 4.40. The SMILES string of the molecule is CCCNC(c1cc(F)c(F)cc1F)c1sccc1CC. The molecule has 0 aliphatic carbocycles. The summed E-state index contributed by atoms with van der Waals surface area (Å²) in [6, 6.07) is 3.11. The van der Waals surface area contributed by atoms with E-state index in [9.17, 15) is 13.2 Å². The lowest BCUT2D eigenvalue weighted by molar-refractivity contribution is 0.480. The normalized spacial score (nSPS) is 12.6. The molecule has 1 heterocycles. The maximum atomic E-state index is 14.1. The molecule has 2 aromatic rings. The lowest BCUT2D eigenvalue weighted by Gasteiger charge is -2.20. The van der Waals surface area contributed by atoms with Crippen molar-refractivity contribution in [1.82, 2.24) is 5.32 Å². The second-order valence-electron chi connectivity index (χ2n) is 4.84. The molecule has 0 spiro atoms. The van der Waals surface area contributed by atoms with Gasteiger partial charge in [-0.05, 0) is 42.5 Å². The average Bonchev–Trinajstić information content (AvgIpc) is 2.93. The van der Waals surface area contributed by atoms with Gasteiger partial charge in [-0.1, -0.05) is 13.8 Å². The van der Waals surface area contributed by atoms with Crippen LogP contribution in [0.2, 0.25) is 0 Å². The number of rotatable bonds is 6. The summed E-state index contributed by atoms with van der Waals surface area (Å²) >= 11 is 1.50. The molecule has 0 amide bonds. The molecule has 2 rings (SSSR count). The molecule has 1 unspecified atom stereocenters. The van der Waals surface area contributed by atoms with Crippen molar-refractivity contribution in [2.75, 3.05) is 6.54 Å². The zero-order chi connectivity index (χ0) is 15.4. The number of benzene rings is 1. The van der Waals surface area contributed by atoms with Gasteiger partial charge in [0, 0.05) is 16.5 Å². The molecule has 0 saturated heterocycles. The first-order valence-electron chi connectivity index (χ1n) is 7.02. The third-order valence-electron chi connectivity index (χ3n) is 3.37. The highest BCUT2D eigenvalue weighted by Crippen LogP contribution is 2.32. The monoisotopic (exact) mass is 313 g/mol. The van der Waals surface area contributed by atoms with E-state index in [4.69, 9.17) is 0 Å². The van der Waals surface area contributed by atoms with Crippen molar-refractivity contribution in [2.45, 2.75) is 32.7 Å². The van der Waals surface area contributed by atoms with Gasteiger partial charge in [0.15, 0.2) is 11.6 Å². The summed E-state index contributed by atoms with van der Waals surface area (Å²) in [4.78, 5) is 0.954. The van der Waals surface area contributed by atoms with Gasteiger partial charge in [0.25, 0.3) is 0 Å². The molecule has 0 fully saturated rings. The first kappa shape index (κ1) is 16.0. The molecule has 1 aromatic carbocycles. The molecule has 0 aliphatic rings. The lowest BCUT2D eigenvalue weighted by Crippen LogP contribution is -2.24. The summed E-state index contributed by atoms with van der Waals surface area (Å²) in [5.41, 5.74) is 1.25. The van der Waals surface area contributed by atoms with Gasteiger partial charge in [-0.25, -0.2) is 13.2 Å². The van der Waals surface area contributed by atoms with E-state index in [1.807, 2.05) is 25.3 Å². The molecule has 114 valence electrons. The Morgan fingerprint density at radius 1 is 1.10 bits per heavy atom. The summed E-state index contributed by atoms with van der Waals surface area (Å²) in [7, 11) is 0. The van der Waals surface area contributed by atoms with Crippen LogP contribution in [0.5, 0.6) is 0 Å². The Morgan fingerprint density at radius 2 is 1.81 bits per heavy atom. The minimum absolute atomic E-state index is 0.152. The van der Waals surface area contributed by atoms with E-state index >= 15 is 0 Å². The molecule has 5 heteroatoms. The van der Waals surface area contributed by atoms with E-state index in [-0.39, 0.29) is 5.56 Å². The van der Waals surface area contributed by atoms with Gasteiger partial charge in [0.1, 0.15) is 5.82 Å². The Hall–Kier alpha value is -1.33. The molecule has 1 aromatic heterocycles. The van der Waals surface area contributed by atoms with Crippen LogP contribution in [0.3, 0.4) is 0 Å². The maximum absolute atomic E-state index is 14.1. The summed E-state index contributed by atoms with van der Waals surface area (Å²) < 4.78 is 40.7. The van der Waals surface area contributed by atoms with Gasteiger partial charge < -0.3 is 5.32 Å². The topological polar surface area (TPSA) is 12.0 Å². The van der Waals surface area contributed by atoms with Crippen LogP contribution in [0.15, 0.2) is 23.6 Å². The number of aryl methyl sites for hydroxylation is 1. The van der Waals surface area contributed by atoms with Gasteiger partial charge >= 0.3 is 0 Å². The zero-order valence-corrected chi connectivity index (χ0v) is 12.9. The molecular weight excluding hydrogens is 295 g/mol. The standard InChI is InChI=1S/C16H18F3NS/c1-3-6-20-15(16-10(4-2)5-7-21-16)11-8-13(18)14(19)9-12(11)17/h5,7-9,15,20H,3-4,6H2,1-2H3. The maximum Gasteiger partial charge on any atom is 0.161 e. The Bertz CT molecular complexity index is 610. The molecule has 1 atom stereocenters. The fourth-order valence-electron chi connectivity index (χ4n) is 2.28. The quantitative estimate of drug-likeness (QED) is 0.754. The van der Waals surface area contributed by atoms with Gasteiger partial charge in [0.2, 0.25) is 0 Å². The fraction of sp³-hybridized carbons (Fsp3) is 0.375. The molecule has 21 heavy (non-hydrogen) atoms. The molecule has 0 saturated carbocycles. The summed E-state index contributed by atoms with van der Waals surface area (Å²) in [6.45, 7) is 4.69. The van der Waals surface area contributed by atoms with Crippen LogP contribution in [-0.4, -0.2) is 6.54 Å². The Morgan fingerprint density at radius 3 is 2.48 bits per heavy atom. The minimum Gasteiger partial charge on any atom is -0.305 e. The van der Waals surface area contributed by atoms with Gasteiger partial charge in [0.05, 0.1) is 6.04 Å². The average molecular weight is 313 g/mol. The second-order valence-corrected chi connectivity index (χ2v) is 5.79. The highest BCUT2D eigenvalue weighted by Gasteiger charge is 2.23. The second kappa shape index (κ2) is 7.09. The largest absolute Gasteiger partial charge is 0.305 e. The van der Waals surface area contributed by atoms with E-state index < -0.39 is 23.5 Å². The van der Waals surface area contributed by atoms with Crippen molar-refractivity contribution < 1.29 is 13.2 Å². The van der Waals surface area contributed by atoms with Crippen molar-refractivity contribution in [2.24, 2.45) is 0 Å². The summed E-state index contributed by atoms with van der Waals surface area (Å²) in [5, 5.41) is 5.17. The van der Waals surface area contributed by atoms with Crippen LogP contribution in [0.4, 0.5) is 13.2 Å². The predicted molar refractivity (Wildman–Crippen MR) is 80.1 cm³/mol. The zero-order valence-electron chi connectivity index (χ0n) is 12.1. The van der Waals surface area contributed by atoms with E-state index in [0.29, 0.717) is 12.6 Å². The van der Waals surface area contributed by atoms with E-state index in [2.05, 4.69) is 5.32 Å². The minimum atomic E-state index is -1.16. The van der Waals surface area contributed by atoms with Gasteiger partial charge in [-0.3, -0.25) is 0 Å². The number of nitrogens with one attached hydrogen (secondary N) is 1. The Balaban J connectivity index is 2.48. The van der Waals surface area contributed by atoms with Crippen LogP contribution in [0.25, 0.3) is 0 Å². The molecule has 1 N–H and O–H groups in total. The lowest BCUT2D eigenvalue weighted by atomic mass is 10.0. The first-order chi connectivity index (χ1) is 10.1. The highest BCUT2D eigenvalue weighted by molar-refractivity contribution is 7.10. The number of halogens is 3. The highest BCUT2D eigenvalue weighted by atomic mass is 32.1. The summed E-state index contributed by atoms with van der Waals surface area (Å²) in [5.74, 6) is -2.91. The van der Waals surface area contributed by atoms with Crippen LogP contribution in [-0.2, 0) is 6.42 Å². The van der Waals surface area contributed by atoms with Gasteiger partial charge in [-0.2, -0.15) is 0 Å². The Labute approximate surface area is 126 Å². The number of hydrogen-bond donors (Lipinski definition) is 1. The smallest absolute Gasteiger partial charge is 0.161 e. The van der Waals surface area contributed by atoms with Crippen LogP contribution < -0.4 is 5.32 Å². The third kappa shape index (κ3) is 3.47. The number of thiophene rings is 1. The molecule has 0 radical (unpaired) electrons. The van der Waals surface area contributed by atoms with Crippen LogP contribution in [0, 0.1) is 17.5 Å². The van der Waals surface area contributed by atoms with Crippen molar-refractivity contribution in [3.05, 3.63) is 57.0 Å². The predicted octanol–water partition coefficient (Wildman–Crippen LogP) is 4.82. The number of hydrogen-bond acceptors (Lipinski definition) is 2. The van der Waals surface area contributed by atoms with Crippen molar-refractivity contribution in [1.29, 1.82) is 0 Å². The molecule has 0 aliphatic heterocycles. The van der Waals surface area contributed by atoms with Crippen LogP contribution >= 0.6 is 11.3 Å². The summed E-state index contributed by atoms with van der Waals surface area (Å²) in [6.07, 6.45) is 1.68. The van der Waals surface area contributed by atoms with Crippen LogP contribution in [0.1, 0.15) is 42.3 Å². The molecular formula is C16H18F3NS. The van der Waals surface area contributed by atoms with Crippen molar-refractivity contribution >= 4 is 11.3 Å². The van der Waals surface area contributed by atoms with Crippen molar-refractivity contribution in [3.63, 3.8) is 0 Å². The molecule has 1 nitrogen and oxygen atoms in total. The fourth-order valence-corrected chi connectivity index (χ4v) is 3.37. The first-order valence-corrected chi connectivity index (χ1v) is 7.90. The van der Waals surface area contributed by atoms with E-state index in [1.165, 1.54) is 11.3 Å². The van der Waals surface area contributed by atoms with Crippen molar-refractivity contribution in [3.8, 4) is 0 Å². The Kier molecular flexibility index (Phi) is 5.42. The van der Waals surface area contributed by atoms with E-state index in [0.717, 1.165) is 29.3 Å².